The zero-order chi connectivity index (χ0) is 13.5. The molecule has 1 aliphatic rings. The van der Waals surface area contributed by atoms with Crippen LogP contribution in [0.15, 0.2) is 29.2 Å². The molecule has 104 valence electrons. The molecule has 1 amide bonds. The Morgan fingerprint density at radius 3 is 2.84 bits per heavy atom. The molecule has 0 saturated carbocycles. The standard InChI is InChI=1S/C15H22N2OS/c1-19-14-7-5-13(6-8-14)17-15(18)9-4-12-3-2-10-16-11-12/h5-8,12,16H,2-4,9-11H2,1H3,(H,17,18). The molecule has 0 bridgehead atoms. The van der Waals surface area contributed by atoms with Gasteiger partial charge in [-0.05, 0) is 68.8 Å². The van der Waals surface area contributed by atoms with E-state index in [0.717, 1.165) is 25.2 Å². The minimum absolute atomic E-state index is 0.127. The van der Waals surface area contributed by atoms with Crippen molar-refractivity contribution in [1.29, 1.82) is 0 Å². The monoisotopic (exact) mass is 278 g/mol. The van der Waals surface area contributed by atoms with Crippen LogP contribution < -0.4 is 10.6 Å². The van der Waals surface area contributed by atoms with Gasteiger partial charge in [-0.3, -0.25) is 4.79 Å². The number of carbonyl (C=O) groups is 1. The maximum absolute atomic E-state index is 11.9. The van der Waals surface area contributed by atoms with E-state index < -0.39 is 0 Å². The van der Waals surface area contributed by atoms with Crippen molar-refractivity contribution in [3.8, 4) is 0 Å². The predicted octanol–water partition coefficient (Wildman–Crippen LogP) is 3.13. The number of thioether (sulfide) groups is 1. The van der Waals surface area contributed by atoms with Crippen molar-refractivity contribution in [2.45, 2.75) is 30.6 Å². The van der Waals surface area contributed by atoms with Gasteiger partial charge >= 0.3 is 0 Å². The molecule has 0 spiro atoms. The zero-order valence-corrected chi connectivity index (χ0v) is 12.3. The molecule has 3 nitrogen and oxygen atoms in total. The molecule has 1 aromatic rings. The number of rotatable bonds is 5. The van der Waals surface area contributed by atoms with Crippen molar-refractivity contribution in [3.63, 3.8) is 0 Å². The van der Waals surface area contributed by atoms with Gasteiger partial charge in [0.1, 0.15) is 0 Å². The first-order chi connectivity index (χ1) is 9.28. The predicted molar refractivity (Wildman–Crippen MR) is 81.7 cm³/mol. The maximum Gasteiger partial charge on any atom is 0.224 e. The van der Waals surface area contributed by atoms with Gasteiger partial charge in [0.2, 0.25) is 5.91 Å². The average molecular weight is 278 g/mol. The number of hydrogen-bond donors (Lipinski definition) is 2. The van der Waals surface area contributed by atoms with Gasteiger partial charge in [0.25, 0.3) is 0 Å². The van der Waals surface area contributed by atoms with Gasteiger partial charge in [-0.2, -0.15) is 0 Å². The highest BCUT2D eigenvalue weighted by Gasteiger charge is 2.14. The largest absolute Gasteiger partial charge is 0.326 e. The smallest absolute Gasteiger partial charge is 0.224 e. The maximum atomic E-state index is 11.9. The Hall–Kier alpha value is -1.00. The summed E-state index contributed by atoms with van der Waals surface area (Å²) in [6.45, 7) is 2.19. The van der Waals surface area contributed by atoms with Crippen molar-refractivity contribution >= 4 is 23.4 Å². The fourth-order valence-corrected chi connectivity index (χ4v) is 2.81. The molecule has 1 unspecified atom stereocenters. The Labute approximate surface area is 119 Å². The average Bonchev–Trinajstić information content (AvgIpc) is 2.47. The van der Waals surface area contributed by atoms with E-state index >= 15 is 0 Å². The van der Waals surface area contributed by atoms with Crippen LogP contribution in [0.25, 0.3) is 0 Å². The van der Waals surface area contributed by atoms with Crippen molar-refractivity contribution in [2.75, 3.05) is 24.7 Å². The Morgan fingerprint density at radius 2 is 2.21 bits per heavy atom. The molecule has 19 heavy (non-hydrogen) atoms. The quantitative estimate of drug-likeness (QED) is 0.813. The molecule has 1 aromatic carbocycles. The summed E-state index contributed by atoms with van der Waals surface area (Å²) in [5.74, 6) is 0.792. The van der Waals surface area contributed by atoms with Crippen LogP contribution in [0.4, 0.5) is 5.69 Å². The summed E-state index contributed by atoms with van der Waals surface area (Å²) in [6, 6.07) is 7.99. The van der Waals surface area contributed by atoms with Crippen molar-refractivity contribution < 1.29 is 4.79 Å². The Kier molecular flexibility index (Phi) is 5.73. The van der Waals surface area contributed by atoms with E-state index in [4.69, 9.17) is 0 Å². The third-order valence-corrected chi connectivity index (χ3v) is 4.30. The highest BCUT2D eigenvalue weighted by Crippen LogP contribution is 2.19. The SMILES string of the molecule is CSc1ccc(NC(=O)CCC2CCCNC2)cc1. The lowest BCUT2D eigenvalue weighted by Crippen LogP contribution is -2.30. The van der Waals surface area contributed by atoms with E-state index in [1.165, 1.54) is 17.7 Å². The first kappa shape index (κ1) is 14.4. The first-order valence-electron chi connectivity index (χ1n) is 6.92. The van der Waals surface area contributed by atoms with E-state index in [0.29, 0.717) is 12.3 Å². The molecule has 2 rings (SSSR count). The van der Waals surface area contributed by atoms with E-state index in [9.17, 15) is 4.79 Å². The summed E-state index contributed by atoms with van der Waals surface area (Å²) >= 11 is 1.71. The number of piperidine rings is 1. The number of amides is 1. The normalized spacial score (nSPS) is 19.1. The van der Waals surface area contributed by atoms with Crippen molar-refractivity contribution in [1.82, 2.24) is 5.32 Å². The minimum atomic E-state index is 0.127. The number of carbonyl (C=O) groups excluding carboxylic acids is 1. The van der Waals surface area contributed by atoms with Gasteiger partial charge in [0, 0.05) is 17.0 Å². The molecule has 1 atom stereocenters. The van der Waals surface area contributed by atoms with E-state index in [1.54, 1.807) is 11.8 Å². The number of hydrogen-bond acceptors (Lipinski definition) is 3. The van der Waals surface area contributed by atoms with Gasteiger partial charge in [0.15, 0.2) is 0 Å². The van der Waals surface area contributed by atoms with E-state index in [2.05, 4.69) is 10.6 Å². The fourth-order valence-electron chi connectivity index (χ4n) is 2.40. The molecule has 4 heteroatoms. The number of nitrogens with one attached hydrogen (secondary N) is 2. The van der Waals surface area contributed by atoms with Crippen LogP contribution in [0.5, 0.6) is 0 Å². The second-order valence-corrected chi connectivity index (χ2v) is 5.91. The summed E-state index contributed by atoms with van der Waals surface area (Å²) in [5.41, 5.74) is 0.893. The van der Waals surface area contributed by atoms with Crippen LogP contribution in [-0.2, 0) is 4.79 Å². The molecule has 1 fully saturated rings. The number of benzene rings is 1. The minimum Gasteiger partial charge on any atom is -0.326 e. The molecule has 2 N–H and O–H groups in total. The van der Waals surface area contributed by atoms with Crippen LogP contribution in [0.2, 0.25) is 0 Å². The van der Waals surface area contributed by atoms with Gasteiger partial charge in [-0.15, -0.1) is 11.8 Å². The molecule has 0 aromatic heterocycles. The van der Waals surface area contributed by atoms with Gasteiger partial charge < -0.3 is 10.6 Å². The van der Waals surface area contributed by atoms with Crippen LogP contribution in [0.1, 0.15) is 25.7 Å². The third-order valence-electron chi connectivity index (χ3n) is 3.55. The summed E-state index contributed by atoms with van der Waals surface area (Å²) < 4.78 is 0. The molecule has 1 aliphatic heterocycles. The lowest BCUT2D eigenvalue weighted by Gasteiger charge is -2.22. The number of anilines is 1. The molecule has 0 radical (unpaired) electrons. The lowest BCUT2D eigenvalue weighted by atomic mass is 9.94. The Morgan fingerprint density at radius 1 is 1.42 bits per heavy atom. The molecule has 1 saturated heterocycles. The second-order valence-electron chi connectivity index (χ2n) is 5.03. The summed E-state index contributed by atoms with van der Waals surface area (Å²) in [6.07, 6.45) is 6.15. The van der Waals surface area contributed by atoms with E-state index in [-0.39, 0.29) is 5.91 Å². The highest BCUT2D eigenvalue weighted by atomic mass is 32.2. The summed E-state index contributed by atoms with van der Waals surface area (Å²) in [7, 11) is 0. The molecular weight excluding hydrogens is 256 g/mol. The summed E-state index contributed by atoms with van der Waals surface area (Å²) in [4.78, 5) is 13.1. The molecular formula is C15H22N2OS. The zero-order valence-electron chi connectivity index (χ0n) is 11.4. The Bertz CT molecular complexity index is 399. The van der Waals surface area contributed by atoms with Gasteiger partial charge in [-0.25, -0.2) is 0 Å². The van der Waals surface area contributed by atoms with Gasteiger partial charge in [-0.1, -0.05) is 0 Å². The molecule has 0 aliphatic carbocycles. The first-order valence-corrected chi connectivity index (χ1v) is 8.15. The highest BCUT2D eigenvalue weighted by molar-refractivity contribution is 7.98. The molecule has 1 heterocycles. The van der Waals surface area contributed by atoms with Crippen LogP contribution in [-0.4, -0.2) is 25.3 Å². The second kappa shape index (κ2) is 7.56. The summed E-state index contributed by atoms with van der Waals surface area (Å²) in [5, 5.41) is 6.35. The van der Waals surface area contributed by atoms with Crippen molar-refractivity contribution in [2.24, 2.45) is 5.92 Å². The van der Waals surface area contributed by atoms with Crippen LogP contribution in [0.3, 0.4) is 0 Å². The van der Waals surface area contributed by atoms with Crippen molar-refractivity contribution in [3.05, 3.63) is 24.3 Å². The van der Waals surface area contributed by atoms with Crippen LogP contribution >= 0.6 is 11.8 Å². The topological polar surface area (TPSA) is 41.1 Å². The third kappa shape index (κ3) is 4.88. The fraction of sp³-hybridized carbons (Fsp3) is 0.533. The van der Waals surface area contributed by atoms with Crippen LogP contribution in [0, 0.1) is 5.92 Å². The van der Waals surface area contributed by atoms with E-state index in [1.807, 2.05) is 30.5 Å². The Balaban J connectivity index is 1.73. The lowest BCUT2D eigenvalue weighted by molar-refractivity contribution is -0.116. The van der Waals surface area contributed by atoms with Gasteiger partial charge in [0.05, 0.1) is 0 Å².